The number of aliphatic carboxylic acids is 1. The Morgan fingerprint density at radius 2 is 1.45 bits per heavy atom. The number of hydrogen-bond donors (Lipinski definition) is 3. The zero-order valence-corrected chi connectivity index (χ0v) is 16.6. The summed E-state index contributed by atoms with van der Waals surface area (Å²) in [6.07, 6.45) is 13.0. The normalized spacial score (nSPS) is 15.3. The molecule has 0 rings (SSSR count). The molecule has 0 bridgehead atoms. The van der Waals surface area contributed by atoms with Crippen LogP contribution in [0.25, 0.3) is 0 Å². The Bertz CT molecular complexity index is 334. The van der Waals surface area contributed by atoms with E-state index in [1.807, 2.05) is 0 Å². The Balaban J connectivity index is 3.83. The Morgan fingerprint density at radius 3 is 1.82 bits per heavy atom. The van der Waals surface area contributed by atoms with Crippen LogP contribution in [0.2, 0.25) is 0 Å². The van der Waals surface area contributed by atoms with Crippen LogP contribution in [0.4, 0.5) is 0 Å². The van der Waals surface area contributed by atoms with Crippen LogP contribution in [0.5, 0.6) is 0 Å². The van der Waals surface area contributed by atoms with Crippen LogP contribution < -0.4 is 0 Å². The van der Waals surface area contributed by atoms with Gasteiger partial charge in [0.1, 0.15) is 0 Å². The van der Waals surface area contributed by atoms with Gasteiger partial charge in [0.25, 0.3) is 0 Å². The van der Waals surface area contributed by atoms with E-state index in [1.165, 1.54) is 51.4 Å². The molecule has 0 saturated heterocycles. The van der Waals surface area contributed by atoms with Crippen LogP contribution in [0.15, 0.2) is 0 Å². The van der Waals surface area contributed by atoms with Gasteiger partial charge in [-0.1, -0.05) is 83.3 Å². The van der Waals surface area contributed by atoms with Gasteiger partial charge < -0.3 is 5.11 Å². The highest BCUT2D eigenvalue weighted by Crippen LogP contribution is 2.34. The van der Waals surface area contributed by atoms with E-state index in [9.17, 15) is 9.90 Å². The van der Waals surface area contributed by atoms with Gasteiger partial charge in [-0.15, -0.1) is 12.6 Å². The molecule has 0 aliphatic heterocycles. The lowest BCUT2D eigenvalue weighted by molar-refractivity contribution is -0.147. The molecule has 5 heteroatoms. The minimum absolute atomic E-state index is 0.361. The van der Waals surface area contributed by atoms with Gasteiger partial charge in [0, 0.05) is 0 Å². The summed E-state index contributed by atoms with van der Waals surface area (Å²) in [4.78, 5) is 11.5. The first-order chi connectivity index (χ1) is 10.4. The highest BCUT2D eigenvalue weighted by atomic mass is 32.1. The second-order valence-corrected chi connectivity index (χ2v) is 8.14. The van der Waals surface area contributed by atoms with Crippen molar-refractivity contribution >= 4 is 47.6 Å². The predicted octanol–water partition coefficient (Wildman–Crippen LogP) is 5.94. The molecule has 0 saturated carbocycles. The third-order valence-electron chi connectivity index (χ3n) is 4.38. The molecule has 0 aromatic rings. The summed E-state index contributed by atoms with van der Waals surface area (Å²) in [5, 5.41) is 8.97. The van der Waals surface area contributed by atoms with Gasteiger partial charge in [-0.05, 0) is 13.3 Å². The molecule has 0 heterocycles. The van der Waals surface area contributed by atoms with Crippen molar-refractivity contribution in [1.82, 2.24) is 0 Å². The topological polar surface area (TPSA) is 37.3 Å². The standard InChI is InChI=1S/C17H32O2S3/c1-3-4-5-6-7-8-9-10-11-12-13-17(2,16(18)19)14(20)15(21)22/h14,20H,3-13H2,1-2H3,(H,18,19)(H,21,22). The van der Waals surface area contributed by atoms with E-state index < -0.39 is 16.6 Å². The number of hydrogen-bond acceptors (Lipinski definition) is 3. The third kappa shape index (κ3) is 8.78. The molecule has 0 aromatic heterocycles. The molecule has 0 aromatic carbocycles. The summed E-state index contributed by atoms with van der Waals surface area (Å²) in [6.45, 7) is 3.96. The lowest BCUT2D eigenvalue weighted by Gasteiger charge is -2.30. The van der Waals surface area contributed by atoms with E-state index in [0.717, 1.165) is 12.8 Å². The summed E-state index contributed by atoms with van der Waals surface area (Å²) in [5.41, 5.74) is -0.915. The van der Waals surface area contributed by atoms with Gasteiger partial charge in [-0.2, -0.15) is 12.6 Å². The summed E-state index contributed by atoms with van der Waals surface area (Å²) in [5.74, 6) is -0.833. The number of thiol groups is 2. The number of unbranched alkanes of at least 4 members (excludes halogenated alkanes) is 9. The van der Waals surface area contributed by atoms with Crippen LogP contribution >= 0.6 is 37.5 Å². The molecule has 2 atom stereocenters. The number of carbonyl (C=O) groups is 1. The molecule has 2 unspecified atom stereocenters. The lowest BCUT2D eigenvalue weighted by Crippen LogP contribution is -2.39. The van der Waals surface area contributed by atoms with Gasteiger partial charge in [0.05, 0.1) is 14.9 Å². The number of carboxylic acid groups (broad SMARTS) is 1. The zero-order chi connectivity index (χ0) is 17.0. The maximum atomic E-state index is 11.5. The molecule has 0 aliphatic rings. The molecule has 1 N–H and O–H groups in total. The lowest BCUT2D eigenvalue weighted by atomic mass is 9.81. The van der Waals surface area contributed by atoms with E-state index in [1.54, 1.807) is 6.92 Å². The van der Waals surface area contributed by atoms with Crippen molar-refractivity contribution < 1.29 is 9.90 Å². The minimum atomic E-state index is -0.915. The zero-order valence-electron chi connectivity index (χ0n) is 14.0. The molecule has 130 valence electrons. The van der Waals surface area contributed by atoms with Crippen molar-refractivity contribution in [2.75, 3.05) is 0 Å². The second-order valence-electron chi connectivity index (χ2n) is 6.40. The molecule has 0 aliphatic carbocycles. The molecule has 0 spiro atoms. The SMILES string of the molecule is CCCCCCCCCCCCC(C)(C(=O)O)C(S)C(=S)S. The molecule has 2 nitrogen and oxygen atoms in total. The van der Waals surface area contributed by atoms with E-state index in [0.29, 0.717) is 10.6 Å². The maximum Gasteiger partial charge on any atom is 0.310 e. The highest BCUT2D eigenvalue weighted by Gasteiger charge is 2.40. The van der Waals surface area contributed by atoms with E-state index in [2.05, 4.69) is 32.2 Å². The number of thiocarbonyl (C=S) groups is 1. The van der Waals surface area contributed by atoms with E-state index in [4.69, 9.17) is 12.2 Å². The van der Waals surface area contributed by atoms with Crippen LogP contribution in [-0.4, -0.2) is 20.5 Å². The van der Waals surface area contributed by atoms with Crippen LogP contribution in [0.3, 0.4) is 0 Å². The van der Waals surface area contributed by atoms with E-state index >= 15 is 0 Å². The monoisotopic (exact) mass is 364 g/mol. The third-order valence-corrected chi connectivity index (χ3v) is 6.08. The van der Waals surface area contributed by atoms with Gasteiger partial charge in [0.2, 0.25) is 0 Å². The summed E-state index contributed by atoms with van der Waals surface area (Å²) in [7, 11) is 0. The Morgan fingerprint density at radius 1 is 1.05 bits per heavy atom. The van der Waals surface area contributed by atoms with Crippen molar-refractivity contribution in [1.29, 1.82) is 0 Å². The van der Waals surface area contributed by atoms with Crippen LogP contribution in [0.1, 0.15) is 84.5 Å². The van der Waals surface area contributed by atoms with Crippen molar-refractivity contribution in [2.45, 2.75) is 89.7 Å². The maximum absolute atomic E-state index is 11.5. The number of carboxylic acids is 1. The molecule has 0 radical (unpaired) electrons. The predicted molar refractivity (Wildman–Crippen MR) is 107 cm³/mol. The summed E-state index contributed by atoms with van der Waals surface area (Å²) in [6, 6.07) is 0. The molecular weight excluding hydrogens is 332 g/mol. The number of rotatable bonds is 14. The quantitative estimate of drug-likeness (QED) is 0.203. The molecule has 22 heavy (non-hydrogen) atoms. The Hall–Kier alpha value is 0.260. The van der Waals surface area contributed by atoms with Gasteiger partial charge in [-0.3, -0.25) is 4.79 Å². The fraction of sp³-hybridized carbons (Fsp3) is 0.882. The molecular formula is C17H32O2S3. The summed E-state index contributed by atoms with van der Waals surface area (Å²) < 4.78 is 0.361. The Kier molecular flexibility index (Phi) is 12.8. The van der Waals surface area contributed by atoms with Crippen molar-refractivity contribution in [3.8, 4) is 0 Å². The fourth-order valence-electron chi connectivity index (χ4n) is 2.61. The van der Waals surface area contributed by atoms with Gasteiger partial charge >= 0.3 is 5.97 Å². The smallest absolute Gasteiger partial charge is 0.310 e. The average Bonchev–Trinajstić information content (AvgIpc) is 2.47. The first kappa shape index (κ1) is 22.3. The average molecular weight is 365 g/mol. The van der Waals surface area contributed by atoms with Crippen molar-refractivity contribution in [2.24, 2.45) is 5.41 Å². The van der Waals surface area contributed by atoms with Crippen molar-refractivity contribution in [3.05, 3.63) is 0 Å². The van der Waals surface area contributed by atoms with E-state index in [-0.39, 0.29) is 0 Å². The first-order valence-corrected chi connectivity index (χ1v) is 9.87. The fourth-order valence-corrected chi connectivity index (χ4v) is 3.40. The first-order valence-electron chi connectivity index (χ1n) is 8.50. The molecule has 0 amide bonds. The van der Waals surface area contributed by atoms with Crippen LogP contribution in [0, 0.1) is 5.41 Å². The minimum Gasteiger partial charge on any atom is -0.481 e. The van der Waals surface area contributed by atoms with Gasteiger partial charge in [-0.25, -0.2) is 0 Å². The second kappa shape index (κ2) is 12.7. The largest absolute Gasteiger partial charge is 0.481 e. The highest BCUT2D eigenvalue weighted by molar-refractivity contribution is 8.13. The van der Waals surface area contributed by atoms with Gasteiger partial charge in [0.15, 0.2) is 0 Å². The molecule has 0 fully saturated rings. The van der Waals surface area contributed by atoms with Crippen molar-refractivity contribution in [3.63, 3.8) is 0 Å². The van der Waals surface area contributed by atoms with Crippen LogP contribution in [-0.2, 0) is 4.79 Å². The Labute approximate surface area is 152 Å². The summed E-state index contributed by atoms with van der Waals surface area (Å²) >= 11 is 13.4.